The van der Waals surface area contributed by atoms with Gasteiger partial charge in [-0.2, -0.15) is 0 Å². The first-order valence-electron chi connectivity index (χ1n) is 14.8. The Bertz CT molecular complexity index is 1750. The van der Waals surface area contributed by atoms with Crippen molar-refractivity contribution in [2.75, 3.05) is 12.0 Å². The Balaban J connectivity index is 1.18. The molecule has 0 aromatic heterocycles. The molecule has 224 valence electrons. The number of nitrogens with zero attached hydrogens (tertiary/aromatic N) is 2. The second-order valence-corrected chi connectivity index (χ2v) is 11.5. The van der Waals surface area contributed by atoms with Crippen LogP contribution in [0.25, 0.3) is 0 Å². The molecule has 0 bridgehead atoms. The van der Waals surface area contributed by atoms with E-state index in [2.05, 4.69) is 12.1 Å². The molecular formula is C36H36N4O4. The SMILES string of the molecule is COc1ccc(N2C(=O)c3cc(CN4Cc5ccc(C(=N)N)cc5C4=O)ccc3C2C)cc1OC(C)CCc1ccccc1. The largest absolute Gasteiger partial charge is 0.493 e. The zero-order chi connectivity index (χ0) is 31.0. The molecule has 2 atom stereocenters. The molecule has 44 heavy (non-hydrogen) atoms. The zero-order valence-corrected chi connectivity index (χ0v) is 25.2. The van der Waals surface area contributed by atoms with Gasteiger partial charge in [0.15, 0.2) is 11.5 Å². The minimum absolute atomic E-state index is 0.0562. The lowest BCUT2D eigenvalue weighted by atomic mass is 10.0. The van der Waals surface area contributed by atoms with E-state index in [0.717, 1.165) is 35.2 Å². The van der Waals surface area contributed by atoms with E-state index >= 15 is 0 Å². The van der Waals surface area contributed by atoms with Crippen LogP contribution in [-0.4, -0.2) is 35.8 Å². The molecule has 2 aliphatic rings. The van der Waals surface area contributed by atoms with Gasteiger partial charge in [0, 0.05) is 41.5 Å². The zero-order valence-electron chi connectivity index (χ0n) is 25.2. The van der Waals surface area contributed by atoms with Crippen LogP contribution in [0.3, 0.4) is 0 Å². The van der Waals surface area contributed by atoms with Gasteiger partial charge >= 0.3 is 0 Å². The first-order chi connectivity index (χ1) is 21.2. The number of carbonyl (C=O) groups is 2. The standard InChI is InChI=1S/C36H36N4O4/c1-22(9-10-24-7-5-4-6-8-24)44-33-19-28(14-16-32(33)43-3)40-23(2)29-15-11-25(17-31(29)36(40)42)20-39-21-27-13-12-26(34(37)38)18-30(27)35(39)41/h4-8,11-19,22-23H,9-10,20-21H2,1-3H3,(H3,37,38). The van der Waals surface area contributed by atoms with Crippen LogP contribution >= 0.6 is 0 Å². The van der Waals surface area contributed by atoms with Gasteiger partial charge in [-0.15, -0.1) is 0 Å². The van der Waals surface area contributed by atoms with Gasteiger partial charge in [-0.25, -0.2) is 0 Å². The van der Waals surface area contributed by atoms with Crippen LogP contribution < -0.4 is 20.1 Å². The monoisotopic (exact) mass is 588 g/mol. The molecule has 2 unspecified atom stereocenters. The van der Waals surface area contributed by atoms with Crippen molar-refractivity contribution in [3.8, 4) is 11.5 Å². The van der Waals surface area contributed by atoms with Gasteiger partial charge < -0.3 is 25.0 Å². The summed E-state index contributed by atoms with van der Waals surface area (Å²) in [5, 5.41) is 7.69. The fraction of sp³-hybridized carbons (Fsp3) is 0.250. The summed E-state index contributed by atoms with van der Waals surface area (Å²) in [7, 11) is 1.61. The first-order valence-corrected chi connectivity index (χ1v) is 14.8. The minimum atomic E-state index is -0.175. The average Bonchev–Trinajstić information content (AvgIpc) is 3.47. The summed E-state index contributed by atoms with van der Waals surface area (Å²) in [6.45, 7) is 4.91. The summed E-state index contributed by atoms with van der Waals surface area (Å²) in [4.78, 5) is 30.5. The molecule has 8 nitrogen and oxygen atoms in total. The van der Waals surface area contributed by atoms with Gasteiger partial charge in [-0.3, -0.25) is 15.0 Å². The number of hydrogen-bond donors (Lipinski definition) is 2. The Labute approximate surface area is 257 Å². The van der Waals surface area contributed by atoms with E-state index in [0.29, 0.717) is 41.3 Å². The number of amides is 2. The molecule has 2 amide bonds. The van der Waals surface area contributed by atoms with E-state index in [9.17, 15) is 9.59 Å². The second-order valence-electron chi connectivity index (χ2n) is 11.5. The fourth-order valence-electron chi connectivity index (χ4n) is 6.11. The number of fused-ring (bicyclic) bond motifs is 2. The third-order valence-corrected chi connectivity index (χ3v) is 8.51. The van der Waals surface area contributed by atoms with Gasteiger partial charge in [0.1, 0.15) is 5.84 Å². The lowest BCUT2D eigenvalue weighted by molar-refractivity contribution is 0.0766. The molecule has 8 heteroatoms. The van der Waals surface area contributed by atoms with Gasteiger partial charge in [0.2, 0.25) is 0 Å². The maximum Gasteiger partial charge on any atom is 0.259 e. The maximum absolute atomic E-state index is 13.8. The van der Waals surface area contributed by atoms with Gasteiger partial charge in [0.05, 0.1) is 19.3 Å². The van der Waals surface area contributed by atoms with Crippen LogP contribution in [0.2, 0.25) is 0 Å². The highest BCUT2D eigenvalue weighted by molar-refractivity contribution is 6.11. The molecular weight excluding hydrogens is 552 g/mol. The molecule has 2 aliphatic heterocycles. The predicted octanol–water partition coefficient (Wildman–Crippen LogP) is 6.26. The Morgan fingerprint density at radius 2 is 1.73 bits per heavy atom. The number of methoxy groups -OCH3 is 1. The summed E-state index contributed by atoms with van der Waals surface area (Å²) < 4.78 is 11.9. The normalized spacial score (nSPS) is 16.1. The van der Waals surface area contributed by atoms with Crippen molar-refractivity contribution in [1.29, 1.82) is 5.41 Å². The lowest BCUT2D eigenvalue weighted by Crippen LogP contribution is -2.26. The van der Waals surface area contributed by atoms with Crippen LogP contribution in [0.15, 0.2) is 84.9 Å². The van der Waals surface area contributed by atoms with Gasteiger partial charge in [-0.05, 0) is 73.2 Å². The number of nitrogens with one attached hydrogen (secondary N) is 1. The van der Waals surface area contributed by atoms with E-state index < -0.39 is 0 Å². The Morgan fingerprint density at radius 1 is 0.932 bits per heavy atom. The quantitative estimate of drug-likeness (QED) is 0.168. The van der Waals surface area contributed by atoms with Crippen molar-refractivity contribution < 1.29 is 19.1 Å². The summed E-state index contributed by atoms with van der Waals surface area (Å²) in [6.07, 6.45) is 1.68. The molecule has 4 aromatic carbocycles. The van der Waals surface area contributed by atoms with E-state index in [-0.39, 0.29) is 29.8 Å². The fourth-order valence-corrected chi connectivity index (χ4v) is 6.11. The van der Waals surface area contributed by atoms with Crippen LogP contribution in [0.5, 0.6) is 11.5 Å². The highest BCUT2D eigenvalue weighted by Gasteiger charge is 2.36. The molecule has 2 heterocycles. The molecule has 0 spiro atoms. The van der Waals surface area contributed by atoms with Crippen LogP contribution in [-0.2, 0) is 19.5 Å². The summed E-state index contributed by atoms with van der Waals surface area (Å²) in [5.74, 6) is 0.953. The highest BCUT2D eigenvalue weighted by Crippen LogP contribution is 2.41. The Morgan fingerprint density at radius 3 is 2.48 bits per heavy atom. The van der Waals surface area contributed by atoms with Crippen molar-refractivity contribution in [2.24, 2.45) is 5.73 Å². The number of carbonyl (C=O) groups excluding carboxylic acids is 2. The van der Waals surface area contributed by atoms with Crippen molar-refractivity contribution in [1.82, 2.24) is 4.90 Å². The third kappa shape index (κ3) is 5.51. The minimum Gasteiger partial charge on any atom is -0.493 e. The first kappa shape index (κ1) is 29.0. The number of nitrogens with two attached hydrogens (primary N) is 1. The number of anilines is 1. The van der Waals surface area contributed by atoms with Gasteiger partial charge in [0.25, 0.3) is 11.8 Å². The number of benzene rings is 4. The number of ether oxygens (including phenoxy) is 2. The lowest BCUT2D eigenvalue weighted by Gasteiger charge is -2.24. The molecule has 0 fully saturated rings. The second kappa shape index (κ2) is 11.9. The smallest absolute Gasteiger partial charge is 0.259 e. The molecule has 4 aromatic rings. The number of rotatable bonds is 10. The molecule has 0 saturated heterocycles. The van der Waals surface area contributed by atoms with Crippen LogP contribution in [0, 0.1) is 5.41 Å². The van der Waals surface area contributed by atoms with Crippen molar-refractivity contribution in [2.45, 2.75) is 51.9 Å². The third-order valence-electron chi connectivity index (χ3n) is 8.51. The summed E-state index contributed by atoms with van der Waals surface area (Å²) in [6, 6.07) is 26.9. The number of amidine groups is 1. The van der Waals surface area contributed by atoms with Gasteiger partial charge in [-0.1, -0.05) is 54.6 Å². The summed E-state index contributed by atoms with van der Waals surface area (Å²) >= 11 is 0. The topological polar surface area (TPSA) is 109 Å². The molecule has 3 N–H and O–H groups in total. The van der Waals surface area contributed by atoms with Crippen LogP contribution in [0.1, 0.15) is 74.8 Å². The van der Waals surface area contributed by atoms with Crippen LogP contribution in [0.4, 0.5) is 5.69 Å². The molecule has 0 radical (unpaired) electrons. The molecule has 0 saturated carbocycles. The van der Waals surface area contributed by atoms with Crippen molar-refractivity contribution >= 4 is 23.3 Å². The number of nitrogen functional groups attached to an aromatic ring is 1. The van der Waals surface area contributed by atoms with Crippen molar-refractivity contribution in [3.05, 3.63) is 124 Å². The number of hydrogen-bond acceptors (Lipinski definition) is 5. The summed E-state index contributed by atoms with van der Waals surface area (Å²) in [5.41, 5.74) is 12.1. The molecule has 6 rings (SSSR count). The maximum atomic E-state index is 13.8. The van der Waals surface area contributed by atoms with E-state index in [1.54, 1.807) is 29.0 Å². The average molecular weight is 589 g/mol. The molecule has 0 aliphatic carbocycles. The Kier molecular flexibility index (Phi) is 7.82. The van der Waals surface area contributed by atoms with E-state index in [4.69, 9.17) is 20.6 Å². The predicted molar refractivity (Wildman–Crippen MR) is 171 cm³/mol. The number of aryl methyl sites for hydroxylation is 1. The Hall–Kier alpha value is -5.11. The van der Waals surface area contributed by atoms with E-state index in [1.165, 1.54) is 5.56 Å². The van der Waals surface area contributed by atoms with E-state index in [1.807, 2.05) is 74.5 Å². The van der Waals surface area contributed by atoms with Crippen molar-refractivity contribution in [3.63, 3.8) is 0 Å². The highest BCUT2D eigenvalue weighted by atomic mass is 16.5.